The lowest BCUT2D eigenvalue weighted by Crippen LogP contribution is -2.20. The molecule has 0 atom stereocenters. The van der Waals surface area contributed by atoms with E-state index in [1.54, 1.807) is 14.2 Å². The molecule has 144 valence electrons. The van der Waals surface area contributed by atoms with E-state index in [1.165, 1.54) is 5.56 Å². The number of methoxy groups -OCH3 is 2. The number of allylic oxidation sites excluding steroid dienone is 2. The van der Waals surface area contributed by atoms with Crippen LogP contribution in [0.5, 0.6) is 11.5 Å². The minimum absolute atomic E-state index is 0.264. The Balaban J connectivity index is 1.81. The van der Waals surface area contributed by atoms with Gasteiger partial charge < -0.3 is 23.8 Å². The third kappa shape index (κ3) is 2.41. The Labute approximate surface area is 162 Å². The van der Waals surface area contributed by atoms with Crippen molar-refractivity contribution in [1.29, 1.82) is 0 Å². The van der Waals surface area contributed by atoms with E-state index in [0.29, 0.717) is 6.42 Å². The Hall–Kier alpha value is -2.99. The first-order valence-electron chi connectivity index (χ1n) is 9.23. The highest BCUT2D eigenvalue weighted by Gasteiger charge is 2.24. The van der Waals surface area contributed by atoms with Crippen molar-refractivity contribution in [3.8, 4) is 11.5 Å². The van der Waals surface area contributed by atoms with E-state index in [2.05, 4.69) is 31.1 Å². The lowest BCUT2D eigenvalue weighted by atomic mass is 9.98. The predicted octanol–water partition coefficient (Wildman–Crippen LogP) is 1.14. The summed E-state index contributed by atoms with van der Waals surface area (Å²) in [7, 11) is 7.45. The molecule has 2 aromatic rings. The second kappa shape index (κ2) is 6.27. The van der Waals surface area contributed by atoms with Gasteiger partial charge in [-0.1, -0.05) is 0 Å². The summed E-state index contributed by atoms with van der Waals surface area (Å²) in [6, 6.07) is 2.05. The van der Waals surface area contributed by atoms with Gasteiger partial charge in [0, 0.05) is 40.7 Å². The van der Waals surface area contributed by atoms with Crippen LogP contribution in [0.25, 0.3) is 12.2 Å². The van der Waals surface area contributed by atoms with Gasteiger partial charge in [-0.3, -0.25) is 4.98 Å². The Morgan fingerprint density at radius 1 is 1.14 bits per heavy atom. The number of hydrogen-bond donors (Lipinski definition) is 0. The van der Waals surface area contributed by atoms with Crippen LogP contribution in [-0.2, 0) is 22.4 Å². The van der Waals surface area contributed by atoms with Crippen LogP contribution in [0.3, 0.4) is 0 Å². The van der Waals surface area contributed by atoms with E-state index in [-0.39, 0.29) is 6.79 Å². The Kier molecular flexibility index (Phi) is 3.84. The van der Waals surface area contributed by atoms with Crippen LogP contribution in [-0.4, -0.2) is 45.0 Å². The molecule has 0 saturated heterocycles. The number of fused-ring (bicyclic) bond motifs is 5. The van der Waals surface area contributed by atoms with Crippen molar-refractivity contribution in [3.63, 3.8) is 0 Å². The Morgan fingerprint density at radius 2 is 2.00 bits per heavy atom. The maximum Gasteiger partial charge on any atom is 0.231 e. The van der Waals surface area contributed by atoms with Gasteiger partial charge in [-0.2, -0.15) is 0 Å². The van der Waals surface area contributed by atoms with Crippen molar-refractivity contribution in [2.75, 3.05) is 35.1 Å². The third-order valence-corrected chi connectivity index (χ3v) is 5.45. The Bertz CT molecular complexity index is 1250. The molecule has 0 unspecified atom stereocenters. The summed E-state index contributed by atoms with van der Waals surface area (Å²) in [6.07, 6.45) is 6.82. The van der Waals surface area contributed by atoms with Crippen LogP contribution >= 0.6 is 0 Å². The van der Waals surface area contributed by atoms with Gasteiger partial charge in [0.05, 0.1) is 19.6 Å². The van der Waals surface area contributed by atoms with Gasteiger partial charge in [0.25, 0.3) is 0 Å². The number of rotatable bonds is 4. The molecule has 5 rings (SSSR count). The zero-order valence-corrected chi connectivity index (χ0v) is 16.5. The fourth-order valence-electron chi connectivity index (χ4n) is 4.19. The van der Waals surface area contributed by atoms with Crippen molar-refractivity contribution < 1.29 is 18.9 Å². The number of ether oxygens (including phenoxy) is 4. The molecule has 0 amide bonds. The Morgan fingerprint density at radius 3 is 2.75 bits per heavy atom. The maximum absolute atomic E-state index is 5.79. The summed E-state index contributed by atoms with van der Waals surface area (Å²) in [4.78, 5) is 6.93. The van der Waals surface area contributed by atoms with Crippen LogP contribution in [0.2, 0.25) is 0 Å². The van der Waals surface area contributed by atoms with Crippen LogP contribution in [0.4, 0.5) is 0 Å². The molecule has 0 fully saturated rings. The number of nitrogens with zero attached hydrogens (tertiary/aromatic N) is 2. The summed E-state index contributed by atoms with van der Waals surface area (Å²) in [6.45, 7) is 1.03. The minimum atomic E-state index is 0.264. The molecule has 2 aliphatic carbocycles. The molecule has 3 aliphatic rings. The number of pyridine rings is 1. The molecule has 1 aromatic heterocycles. The summed E-state index contributed by atoms with van der Waals surface area (Å²) < 4.78 is 22.5. The topological polar surface area (TPSA) is 53.1 Å². The molecule has 6 nitrogen and oxygen atoms in total. The van der Waals surface area contributed by atoms with Crippen LogP contribution in [0, 0.1) is 10.6 Å². The molecule has 0 N–H and O–H groups in total. The maximum atomic E-state index is 5.79. The minimum Gasteiger partial charge on any atom is -0.497 e. The fourth-order valence-corrected chi connectivity index (χ4v) is 4.19. The summed E-state index contributed by atoms with van der Waals surface area (Å²) in [5.41, 5.74) is 3.48. The molecule has 2 heterocycles. The second-order valence-corrected chi connectivity index (χ2v) is 7.40. The quantitative estimate of drug-likeness (QED) is 0.679. The monoisotopic (exact) mass is 378 g/mol. The molecular formula is C22H22N2O4. The van der Waals surface area contributed by atoms with Crippen molar-refractivity contribution in [2.45, 2.75) is 13.0 Å². The first-order valence-corrected chi connectivity index (χ1v) is 9.23. The smallest absolute Gasteiger partial charge is 0.231 e. The van der Waals surface area contributed by atoms with Gasteiger partial charge in [0.1, 0.15) is 5.76 Å². The highest BCUT2D eigenvalue weighted by atomic mass is 16.7. The molecule has 0 radical (unpaired) electrons. The number of benzene rings is 1. The van der Waals surface area contributed by atoms with Crippen molar-refractivity contribution in [1.82, 2.24) is 9.88 Å². The highest BCUT2D eigenvalue weighted by Crippen LogP contribution is 2.35. The average molecular weight is 378 g/mol. The van der Waals surface area contributed by atoms with Gasteiger partial charge in [0.2, 0.25) is 6.79 Å². The van der Waals surface area contributed by atoms with E-state index in [1.807, 2.05) is 12.3 Å². The van der Waals surface area contributed by atoms with Crippen LogP contribution < -0.4 is 19.9 Å². The summed E-state index contributed by atoms with van der Waals surface area (Å²) in [5, 5.41) is 4.31. The number of hydrogen-bond acceptors (Lipinski definition) is 6. The molecule has 28 heavy (non-hydrogen) atoms. The van der Waals surface area contributed by atoms with E-state index >= 15 is 0 Å². The second-order valence-electron chi connectivity index (χ2n) is 7.40. The standard InChI is InChI=1S/C22H22N2O4/c1-24(2)10-17-14-6-15-13-7-19(26-4)18(25-3)5-12(13)9-23-21(15)16(14)8-20-22(17)28-11-27-20/h5-6,8-9H,7,10-11H2,1-4H3. The fraction of sp³-hybridized carbons (Fsp3) is 0.318. The average Bonchev–Trinajstić information content (AvgIpc) is 3.31. The van der Waals surface area contributed by atoms with E-state index in [9.17, 15) is 0 Å². The molecule has 1 aromatic carbocycles. The number of aromatic nitrogens is 1. The lowest BCUT2D eigenvalue weighted by Gasteiger charge is -2.17. The van der Waals surface area contributed by atoms with Crippen molar-refractivity contribution in [2.24, 2.45) is 0 Å². The van der Waals surface area contributed by atoms with E-state index < -0.39 is 0 Å². The van der Waals surface area contributed by atoms with Gasteiger partial charge in [-0.25, -0.2) is 0 Å². The zero-order valence-electron chi connectivity index (χ0n) is 16.5. The highest BCUT2D eigenvalue weighted by molar-refractivity contribution is 5.66. The van der Waals surface area contributed by atoms with E-state index in [4.69, 9.17) is 23.9 Å². The van der Waals surface area contributed by atoms with Crippen LogP contribution in [0.1, 0.15) is 16.7 Å². The zero-order chi connectivity index (χ0) is 19.4. The summed E-state index contributed by atoms with van der Waals surface area (Å²) in [5.74, 6) is 3.22. The van der Waals surface area contributed by atoms with Gasteiger partial charge >= 0.3 is 0 Å². The molecule has 0 bridgehead atoms. The van der Waals surface area contributed by atoms with E-state index in [0.717, 1.165) is 61.7 Å². The van der Waals surface area contributed by atoms with Crippen molar-refractivity contribution >= 4 is 12.2 Å². The van der Waals surface area contributed by atoms with Gasteiger partial charge in [-0.05, 0) is 43.1 Å². The normalized spacial score (nSPS) is 15.6. The molecular weight excluding hydrogens is 356 g/mol. The molecule has 0 saturated carbocycles. The van der Waals surface area contributed by atoms with Crippen LogP contribution in [0.15, 0.2) is 23.8 Å². The molecule has 1 aliphatic heterocycles. The van der Waals surface area contributed by atoms with Crippen molar-refractivity contribution in [3.05, 3.63) is 61.5 Å². The predicted molar refractivity (Wildman–Crippen MR) is 104 cm³/mol. The summed E-state index contributed by atoms with van der Waals surface area (Å²) >= 11 is 0. The molecule has 6 heteroatoms. The first-order chi connectivity index (χ1) is 13.6. The molecule has 0 spiro atoms. The largest absolute Gasteiger partial charge is 0.497 e. The van der Waals surface area contributed by atoms with Gasteiger partial charge in [-0.15, -0.1) is 0 Å². The SMILES string of the molecule is COC1=C(OC)Cc2c3c(ncc2=C1)=c1cc2c(c(CN(C)C)c1=C3)OCO2. The lowest BCUT2D eigenvalue weighted by molar-refractivity contribution is 0.172. The first kappa shape index (κ1) is 17.1. The third-order valence-electron chi connectivity index (χ3n) is 5.45. The van der Waals surface area contributed by atoms with Gasteiger partial charge in [0.15, 0.2) is 17.3 Å².